The lowest BCUT2D eigenvalue weighted by Crippen LogP contribution is -2.23. The SMILES string of the molecule is Cc1ccc(CN(C)c2cccc(Cl)c2C(N)=NO)cc1. The summed E-state index contributed by atoms with van der Waals surface area (Å²) in [6.07, 6.45) is 0. The summed E-state index contributed by atoms with van der Waals surface area (Å²) >= 11 is 6.17. The molecule has 0 bridgehead atoms. The van der Waals surface area contributed by atoms with Gasteiger partial charge in [0.1, 0.15) is 0 Å². The summed E-state index contributed by atoms with van der Waals surface area (Å²) in [5.41, 5.74) is 9.49. The number of hydrogen-bond donors (Lipinski definition) is 2. The van der Waals surface area contributed by atoms with Gasteiger partial charge in [-0.25, -0.2) is 0 Å². The van der Waals surface area contributed by atoms with Gasteiger partial charge in [0.15, 0.2) is 5.84 Å². The lowest BCUT2D eigenvalue weighted by molar-refractivity contribution is 0.318. The first-order chi connectivity index (χ1) is 10.0. The minimum absolute atomic E-state index is 0.00589. The van der Waals surface area contributed by atoms with E-state index in [1.165, 1.54) is 11.1 Å². The van der Waals surface area contributed by atoms with Crippen molar-refractivity contribution in [1.82, 2.24) is 0 Å². The highest BCUT2D eigenvalue weighted by Crippen LogP contribution is 2.27. The smallest absolute Gasteiger partial charge is 0.173 e. The topological polar surface area (TPSA) is 61.8 Å². The van der Waals surface area contributed by atoms with E-state index in [1.807, 2.05) is 24.1 Å². The average Bonchev–Trinajstić information content (AvgIpc) is 2.48. The maximum Gasteiger partial charge on any atom is 0.173 e. The number of rotatable bonds is 4. The van der Waals surface area contributed by atoms with Crippen LogP contribution in [-0.2, 0) is 6.54 Å². The Labute approximate surface area is 129 Å². The van der Waals surface area contributed by atoms with Crippen LogP contribution in [0.3, 0.4) is 0 Å². The van der Waals surface area contributed by atoms with E-state index < -0.39 is 0 Å². The molecular formula is C16H18ClN3O. The fourth-order valence-electron chi connectivity index (χ4n) is 2.19. The van der Waals surface area contributed by atoms with Crippen LogP contribution in [-0.4, -0.2) is 18.1 Å². The molecule has 3 N–H and O–H groups in total. The molecule has 0 unspecified atom stereocenters. The first kappa shape index (κ1) is 15.2. The molecule has 0 heterocycles. The summed E-state index contributed by atoms with van der Waals surface area (Å²) in [4.78, 5) is 2.02. The first-order valence-corrected chi connectivity index (χ1v) is 6.94. The third kappa shape index (κ3) is 3.47. The number of aryl methyl sites for hydroxylation is 1. The van der Waals surface area contributed by atoms with E-state index in [9.17, 15) is 0 Å². The van der Waals surface area contributed by atoms with Gasteiger partial charge in [-0.2, -0.15) is 0 Å². The molecule has 2 aromatic rings. The second kappa shape index (κ2) is 6.50. The van der Waals surface area contributed by atoms with Crippen LogP contribution < -0.4 is 10.6 Å². The number of oxime groups is 1. The van der Waals surface area contributed by atoms with Crippen LogP contribution in [0.1, 0.15) is 16.7 Å². The molecule has 5 heteroatoms. The van der Waals surface area contributed by atoms with Crippen LogP contribution >= 0.6 is 11.6 Å². The van der Waals surface area contributed by atoms with Crippen LogP contribution in [0.2, 0.25) is 5.02 Å². The van der Waals surface area contributed by atoms with Crippen molar-refractivity contribution in [3.05, 3.63) is 64.2 Å². The zero-order chi connectivity index (χ0) is 15.4. The normalized spacial score (nSPS) is 11.5. The number of hydrogen-bond acceptors (Lipinski definition) is 3. The summed E-state index contributed by atoms with van der Waals surface area (Å²) in [7, 11) is 1.94. The van der Waals surface area contributed by atoms with Gasteiger partial charge in [-0.3, -0.25) is 0 Å². The van der Waals surface area contributed by atoms with Crippen LogP contribution in [0.4, 0.5) is 5.69 Å². The van der Waals surface area contributed by atoms with Gasteiger partial charge in [-0.05, 0) is 24.6 Å². The molecule has 2 aromatic carbocycles. The van der Waals surface area contributed by atoms with E-state index in [1.54, 1.807) is 6.07 Å². The van der Waals surface area contributed by atoms with Gasteiger partial charge in [-0.15, -0.1) is 0 Å². The number of benzene rings is 2. The summed E-state index contributed by atoms with van der Waals surface area (Å²) in [6.45, 7) is 2.76. The fourth-order valence-corrected chi connectivity index (χ4v) is 2.45. The van der Waals surface area contributed by atoms with Crippen molar-refractivity contribution in [3.63, 3.8) is 0 Å². The number of amidine groups is 1. The summed E-state index contributed by atoms with van der Waals surface area (Å²) in [5.74, 6) is 0.00589. The highest BCUT2D eigenvalue weighted by Gasteiger charge is 2.15. The van der Waals surface area contributed by atoms with Gasteiger partial charge < -0.3 is 15.8 Å². The molecule has 0 aliphatic heterocycles. The molecule has 2 rings (SSSR count). The quantitative estimate of drug-likeness (QED) is 0.394. The molecular weight excluding hydrogens is 286 g/mol. The van der Waals surface area contributed by atoms with Crippen molar-refractivity contribution in [1.29, 1.82) is 0 Å². The van der Waals surface area contributed by atoms with Crippen molar-refractivity contribution in [3.8, 4) is 0 Å². The van der Waals surface area contributed by atoms with Crippen molar-refractivity contribution in [2.24, 2.45) is 10.9 Å². The van der Waals surface area contributed by atoms with Gasteiger partial charge in [0.25, 0.3) is 0 Å². The second-order valence-electron chi connectivity index (χ2n) is 4.96. The first-order valence-electron chi connectivity index (χ1n) is 6.56. The molecule has 110 valence electrons. The third-order valence-corrected chi connectivity index (χ3v) is 3.62. The van der Waals surface area contributed by atoms with E-state index in [-0.39, 0.29) is 5.84 Å². The molecule has 0 atom stereocenters. The van der Waals surface area contributed by atoms with Gasteiger partial charge in [0, 0.05) is 19.3 Å². The highest BCUT2D eigenvalue weighted by atomic mass is 35.5. The molecule has 0 aromatic heterocycles. The van der Waals surface area contributed by atoms with Gasteiger partial charge >= 0.3 is 0 Å². The van der Waals surface area contributed by atoms with Crippen molar-refractivity contribution in [2.45, 2.75) is 13.5 Å². The number of nitrogens with two attached hydrogens (primary N) is 1. The number of anilines is 1. The maximum atomic E-state index is 8.92. The van der Waals surface area contributed by atoms with Crippen molar-refractivity contribution < 1.29 is 5.21 Å². The van der Waals surface area contributed by atoms with Crippen LogP contribution in [0.15, 0.2) is 47.6 Å². The molecule has 0 radical (unpaired) electrons. The maximum absolute atomic E-state index is 8.92. The molecule has 0 fully saturated rings. The monoisotopic (exact) mass is 303 g/mol. The molecule has 0 saturated carbocycles. The van der Waals surface area contributed by atoms with E-state index in [0.717, 1.165) is 5.69 Å². The highest BCUT2D eigenvalue weighted by molar-refractivity contribution is 6.34. The largest absolute Gasteiger partial charge is 0.409 e. The van der Waals surface area contributed by atoms with E-state index >= 15 is 0 Å². The van der Waals surface area contributed by atoms with Crippen molar-refractivity contribution >= 4 is 23.1 Å². The van der Waals surface area contributed by atoms with Crippen molar-refractivity contribution in [2.75, 3.05) is 11.9 Å². The Morgan fingerprint density at radius 1 is 1.24 bits per heavy atom. The lowest BCUT2D eigenvalue weighted by Gasteiger charge is -2.23. The Bertz CT molecular complexity index is 653. The second-order valence-corrected chi connectivity index (χ2v) is 5.37. The molecule has 0 amide bonds. The minimum Gasteiger partial charge on any atom is -0.409 e. The fraction of sp³-hybridized carbons (Fsp3) is 0.188. The Morgan fingerprint density at radius 3 is 2.52 bits per heavy atom. The summed E-state index contributed by atoms with van der Waals surface area (Å²) in [6, 6.07) is 13.8. The summed E-state index contributed by atoms with van der Waals surface area (Å²) < 4.78 is 0. The minimum atomic E-state index is 0.00589. The molecule has 21 heavy (non-hydrogen) atoms. The zero-order valence-electron chi connectivity index (χ0n) is 12.0. The molecule has 0 saturated heterocycles. The number of nitrogens with zero attached hydrogens (tertiary/aromatic N) is 2. The lowest BCUT2D eigenvalue weighted by atomic mass is 10.1. The molecule has 0 aliphatic rings. The molecule has 0 aliphatic carbocycles. The predicted octanol–water partition coefficient (Wildman–Crippen LogP) is 3.38. The van der Waals surface area contributed by atoms with Gasteiger partial charge in [0.05, 0.1) is 10.6 Å². The number of halogens is 1. The Hall–Kier alpha value is -2.20. The van der Waals surface area contributed by atoms with Gasteiger partial charge in [0.2, 0.25) is 0 Å². The predicted molar refractivity (Wildman–Crippen MR) is 87.2 cm³/mol. The Morgan fingerprint density at radius 2 is 1.90 bits per heavy atom. The Kier molecular flexibility index (Phi) is 4.70. The summed E-state index contributed by atoms with van der Waals surface area (Å²) in [5, 5.41) is 12.4. The van der Waals surface area contributed by atoms with Crippen LogP contribution in [0.25, 0.3) is 0 Å². The van der Waals surface area contributed by atoms with Gasteiger partial charge in [-0.1, -0.05) is 52.7 Å². The molecule has 0 spiro atoms. The van der Waals surface area contributed by atoms with E-state index in [2.05, 4.69) is 36.3 Å². The average molecular weight is 304 g/mol. The standard InChI is InChI=1S/C16H18ClN3O/c1-11-6-8-12(9-7-11)10-20(2)14-5-3-4-13(17)15(14)16(18)19-21/h3-9,21H,10H2,1-2H3,(H2,18,19). The van der Waals surface area contributed by atoms with Crippen LogP contribution in [0.5, 0.6) is 0 Å². The van der Waals surface area contributed by atoms with E-state index in [0.29, 0.717) is 17.1 Å². The Balaban J connectivity index is 2.33. The zero-order valence-corrected chi connectivity index (χ0v) is 12.8. The third-order valence-electron chi connectivity index (χ3n) is 3.31. The molecule has 4 nitrogen and oxygen atoms in total. The van der Waals surface area contributed by atoms with Crippen LogP contribution in [0, 0.1) is 6.92 Å². The van der Waals surface area contributed by atoms with E-state index in [4.69, 9.17) is 22.5 Å².